The van der Waals surface area contributed by atoms with Crippen molar-refractivity contribution in [1.29, 1.82) is 0 Å². The van der Waals surface area contributed by atoms with Gasteiger partial charge in [0.2, 0.25) is 0 Å². The van der Waals surface area contributed by atoms with E-state index in [1.165, 1.54) is 51.1 Å². The Morgan fingerprint density at radius 3 is 2.45 bits per heavy atom. The molecule has 4 nitrogen and oxygen atoms in total. The molecule has 4 heteroatoms. The van der Waals surface area contributed by atoms with Crippen LogP contribution in [0.3, 0.4) is 0 Å². The van der Waals surface area contributed by atoms with E-state index < -0.39 is 0 Å². The van der Waals surface area contributed by atoms with E-state index >= 15 is 0 Å². The lowest BCUT2D eigenvalue weighted by atomic mass is 10.1. The second-order valence-corrected chi connectivity index (χ2v) is 6.10. The summed E-state index contributed by atoms with van der Waals surface area (Å²) >= 11 is 0. The maximum absolute atomic E-state index is 5.97. The Hall–Kier alpha value is -1.26. The van der Waals surface area contributed by atoms with E-state index in [-0.39, 0.29) is 0 Å². The van der Waals surface area contributed by atoms with Crippen molar-refractivity contribution in [2.75, 3.05) is 45.6 Å². The van der Waals surface area contributed by atoms with E-state index in [4.69, 9.17) is 10.5 Å². The maximum atomic E-state index is 5.97. The van der Waals surface area contributed by atoms with E-state index in [2.05, 4.69) is 15.9 Å². The molecule has 0 amide bonds. The second-order valence-electron chi connectivity index (χ2n) is 6.10. The summed E-state index contributed by atoms with van der Waals surface area (Å²) in [5.41, 5.74) is 7.98. The Kier molecular flexibility index (Phi) is 4.13. The van der Waals surface area contributed by atoms with Gasteiger partial charge in [-0.1, -0.05) is 6.07 Å². The number of nitrogens with two attached hydrogens (primary N) is 1. The van der Waals surface area contributed by atoms with Crippen LogP contribution in [0.15, 0.2) is 18.2 Å². The molecular formula is C16H25N3O. The van der Waals surface area contributed by atoms with Gasteiger partial charge in [0.1, 0.15) is 5.75 Å². The fourth-order valence-corrected chi connectivity index (χ4v) is 2.94. The highest BCUT2D eigenvalue weighted by Gasteiger charge is 2.26. The van der Waals surface area contributed by atoms with Crippen LogP contribution in [0.4, 0.5) is 5.69 Å². The first kappa shape index (κ1) is 13.7. The fourth-order valence-electron chi connectivity index (χ4n) is 2.94. The Labute approximate surface area is 121 Å². The van der Waals surface area contributed by atoms with Crippen LogP contribution in [0.5, 0.6) is 5.75 Å². The van der Waals surface area contributed by atoms with Crippen LogP contribution in [0.1, 0.15) is 18.4 Å². The molecule has 1 saturated carbocycles. The average Bonchev–Trinajstić information content (AvgIpc) is 3.25. The number of piperazine rings is 1. The molecule has 2 aliphatic rings. The molecule has 0 radical (unpaired) electrons. The molecular weight excluding hydrogens is 250 g/mol. The van der Waals surface area contributed by atoms with Crippen LogP contribution in [-0.4, -0.2) is 49.6 Å². The first-order chi connectivity index (χ1) is 9.74. The van der Waals surface area contributed by atoms with Crippen LogP contribution in [0, 0.1) is 5.92 Å². The molecule has 0 bridgehead atoms. The third-order valence-corrected chi connectivity index (χ3v) is 4.38. The summed E-state index contributed by atoms with van der Waals surface area (Å²) in [7, 11) is 1.66. The topological polar surface area (TPSA) is 41.7 Å². The predicted octanol–water partition coefficient (Wildman–Crippen LogP) is 1.80. The Balaban J connectivity index is 1.49. The summed E-state index contributed by atoms with van der Waals surface area (Å²) in [5, 5.41) is 0. The van der Waals surface area contributed by atoms with E-state index in [1.807, 2.05) is 12.1 Å². The molecule has 0 unspecified atom stereocenters. The van der Waals surface area contributed by atoms with Gasteiger partial charge in [0.05, 0.1) is 12.8 Å². The van der Waals surface area contributed by atoms with Crippen molar-refractivity contribution in [1.82, 2.24) is 9.80 Å². The zero-order chi connectivity index (χ0) is 13.9. The van der Waals surface area contributed by atoms with Crippen LogP contribution < -0.4 is 10.5 Å². The van der Waals surface area contributed by atoms with E-state index in [9.17, 15) is 0 Å². The Bertz CT molecular complexity index is 451. The molecule has 1 aromatic carbocycles. The van der Waals surface area contributed by atoms with Gasteiger partial charge in [-0.25, -0.2) is 0 Å². The van der Waals surface area contributed by atoms with Gasteiger partial charge in [0.15, 0.2) is 0 Å². The van der Waals surface area contributed by atoms with Crippen molar-refractivity contribution < 1.29 is 4.74 Å². The largest absolute Gasteiger partial charge is 0.495 e. The smallest absolute Gasteiger partial charge is 0.141 e. The number of methoxy groups -OCH3 is 1. The summed E-state index contributed by atoms with van der Waals surface area (Å²) in [6.45, 7) is 7.07. The van der Waals surface area contributed by atoms with E-state index in [0.717, 1.165) is 23.9 Å². The second kappa shape index (κ2) is 6.02. The fraction of sp³-hybridized carbons (Fsp3) is 0.625. The van der Waals surface area contributed by atoms with E-state index in [0.29, 0.717) is 0 Å². The summed E-state index contributed by atoms with van der Waals surface area (Å²) in [4.78, 5) is 5.14. The highest BCUT2D eigenvalue weighted by Crippen LogP contribution is 2.30. The molecule has 110 valence electrons. The Morgan fingerprint density at radius 2 is 1.85 bits per heavy atom. The van der Waals surface area contributed by atoms with Crippen molar-refractivity contribution in [2.24, 2.45) is 5.92 Å². The van der Waals surface area contributed by atoms with Crippen molar-refractivity contribution >= 4 is 5.69 Å². The zero-order valence-electron chi connectivity index (χ0n) is 12.3. The highest BCUT2D eigenvalue weighted by atomic mass is 16.5. The van der Waals surface area contributed by atoms with Crippen molar-refractivity contribution in [3.8, 4) is 5.75 Å². The molecule has 0 aromatic heterocycles. The molecule has 2 fully saturated rings. The van der Waals surface area contributed by atoms with Crippen molar-refractivity contribution in [3.63, 3.8) is 0 Å². The minimum atomic E-state index is 0.734. The van der Waals surface area contributed by atoms with Crippen LogP contribution >= 0.6 is 0 Å². The van der Waals surface area contributed by atoms with Crippen molar-refractivity contribution in [2.45, 2.75) is 19.4 Å². The number of rotatable bonds is 5. The highest BCUT2D eigenvalue weighted by molar-refractivity contribution is 5.54. The van der Waals surface area contributed by atoms with Gasteiger partial charge < -0.3 is 15.4 Å². The third-order valence-electron chi connectivity index (χ3n) is 4.38. The van der Waals surface area contributed by atoms with Gasteiger partial charge in [0.25, 0.3) is 0 Å². The monoisotopic (exact) mass is 275 g/mol. The molecule has 1 aromatic rings. The van der Waals surface area contributed by atoms with Crippen LogP contribution in [-0.2, 0) is 6.54 Å². The predicted molar refractivity (Wildman–Crippen MR) is 81.8 cm³/mol. The summed E-state index contributed by atoms with van der Waals surface area (Å²) in [6.07, 6.45) is 2.90. The number of anilines is 1. The van der Waals surface area contributed by atoms with Gasteiger partial charge in [-0.15, -0.1) is 0 Å². The first-order valence-electron chi connectivity index (χ1n) is 7.61. The number of hydrogen-bond acceptors (Lipinski definition) is 4. The van der Waals surface area contributed by atoms with Gasteiger partial charge >= 0.3 is 0 Å². The maximum Gasteiger partial charge on any atom is 0.141 e. The molecule has 3 rings (SSSR count). The quantitative estimate of drug-likeness (QED) is 0.832. The standard InChI is InChI=1S/C16H25N3O/c1-20-16-5-4-14(10-15(16)17)12-19-8-6-18(7-9-19)11-13-2-3-13/h4-5,10,13H,2-3,6-9,11-12,17H2,1H3. The SMILES string of the molecule is COc1ccc(CN2CCN(CC3CC3)CC2)cc1N. The number of nitrogens with zero attached hydrogens (tertiary/aromatic N) is 2. The summed E-state index contributed by atoms with van der Waals surface area (Å²) < 4.78 is 5.20. The van der Waals surface area contributed by atoms with Crippen LogP contribution in [0.25, 0.3) is 0 Å². The first-order valence-corrected chi connectivity index (χ1v) is 7.61. The summed E-state index contributed by atoms with van der Waals surface area (Å²) in [5.74, 6) is 1.77. The third kappa shape index (κ3) is 3.44. The zero-order valence-corrected chi connectivity index (χ0v) is 12.3. The number of benzene rings is 1. The summed E-state index contributed by atoms with van der Waals surface area (Å²) in [6, 6.07) is 6.12. The lowest BCUT2D eigenvalue weighted by molar-refractivity contribution is 0.123. The molecule has 1 aliphatic heterocycles. The molecule has 20 heavy (non-hydrogen) atoms. The number of hydrogen-bond donors (Lipinski definition) is 1. The minimum Gasteiger partial charge on any atom is -0.495 e. The van der Waals surface area contributed by atoms with Gasteiger partial charge in [-0.3, -0.25) is 4.90 Å². The van der Waals surface area contributed by atoms with Gasteiger partial charge in [-0.05, 0) is 36.5 Å². The van der Waals surface area contributed by atoms with Gasteiger partial charge in [0, 0.05) is 39.3 Å². The lowest BCUT2D eigenvalue weighted by Gasteiger charge is -2.34. The molecule has 2 N–H and O–H groups in total. The minimum absolute atomic E-state index is 0.734. The molecule has 1 aliphatic carbocycles. The Morgan fingerprint density at radius 1 is 1.15 bits per heavy atom. The molecule has 0 spiro atoms. The number of nitrogen functional groups attached to an aromatic ring is 1. The molecule has 0 atom stereocenters. The van der Waals surface area contributed by atoms with Crippen molar-refractivity contribution in [3.05, 3.63) is 23.8 Å². The van der Waals surface area contributed by atoms with Gasteiger partial charge in [-0.2, -0.15) is 0 Å². The average molecular weight is 275 g/mol. The van der Waals surface area contributed by atoms with E-state index in [1.54, 1.807) is 7.11 Å². The lowest BCUT2D eigenvalue weighted by Crippen LogP contribution is -2.46. The van der Waals surface area contributed by atoms with Crippen LogP contribution in [0.2, 0.25) is 0 Å². The molecule has 1 heterocycles. The molecule has 1 saturated heterocycles. The normalized spacial score (nSPS) is 21.1. The number of ether oxygens (including phenoxy) is 1.